The molecule has 0 saturated carbocycles. The van der Waals surface area contributed by atoms with Crippen molar-refractivity contribution in [2.24, 2.45) is 5.41 Å². The van der Waals surface area contributed by atoms with Gasteiger partial charge in [-0.25, -0.2) is 9.59 Å². The highest BCUT2D eigenvalue weighted by Gasteiger charge is 2.44. The number of urea groups is 1. The molecule has 1 fully saturated rings. The number of terminal acetylenes is 1. The van der Waals surface area contributed by atoms with Crippen molar-refractivity contribution in [3.63, 3.8) is 0 Å². The van der Waals surface area contributed by atoms with Gasteiger partial charge in [0.25, 0.3) is 0 Å². The van der Waals surface area contributed by atoms with Crippen LogP contribution in [0, 0.1) is 17.8 Å². The number of carboxylic acid groups (broad SMARTS) is 1. The van der Waals surface area contributed by atoms with Gasteiger partial charge in [0.05, 0.1) is 0 Å². The molecule has 0 radical (unpaired) electrons. The highest BCUT2D eigenvalue weighted by atomic mass is 16.4. The third kappa shape index (κ3) is 3.16. The molecule has 0 aromatic carbocycles. The van der Waals surface area contributed by atoms with Gasteiger partial charge in [-0.15, -0.1) is 12.3 Å². The summed E-state index contributed by atoms with van der Waals surface area (Å²) >= 11 is 0. The second-order valence-corrected chi connectivity index (χ2v) is 5.21. The summed E-state index contributed by atoms with van der Waals surface area (Å²) in [5.41, 5.74) is -0.409. The van der Waals surface area contributed by atoms with Crippen molar-refractivity contribution in [3.8, 4) is 12.3 Å². The Bertz CT molecular complexity index is 371. The predicted octanol–water partition coefficient (Wildman–Crippen LogP) is 1.29. The number of carboxylic acids is 1. The third-order valence-corrected chi connectivity index (χ3v) is 3.31. The molecule has 5 nitrogen and oxygen atoms in total. The molecular weight excluding hydrogens is 232 g/mol. The zero-order chi connectivity index (χ0) is 13.8. The number of piperidine rings is 1. The molecule has 0 aromatic heterocycles. The number of amides is 2. The van der Waals surface area contributed by atoms with Gasteiger partial charge in [-0.05, 0) is 18.3 Å². The zero-order valence-corrected chi connectivity index (χ0v) is 10.9. The van der Waals surface area contributed by atoms with E-state index in [1.807, 2.05) is 13.8 Å². The molecule has 0 aromatic rings. The van der Waals surface area contributed by atoms with Gasteiger partial charge in [0.15, 0.2) is 0 Å². The Balaban J connectivity index is 2.75. The standard InChI is InChI=1S/C13H20N2O3/c1-4-5-8-14-12(18)15-9-6-7-13(2,3)10(15)11(16)17/h1,10H,5-9H2,2-3H3,(H,14,18)(H,16,17). The zero-order valence-electron chi connectivity index (χ0n) is 10.9. The average Bonchev–Trinajstić information content (AvgIpc) is 2.26. The first-order valence-electron chi connectivity index (χ1n) is 6.11. The van der Waals surface area contributed by atoms with Crippen LogP contribution in [0.2, 0.25) is 0 Å². The van der Waals surface area contributed by atoms with Gasteiger partial charge in [0.1, 0.15) is 6.04 Å². The van der Waals surface area contributed by atoms with Crippen molar-refractivity contribution >= 4 is 12.0 Å². The van der Waals surface area contributed by atoms with Crippen LogP contribution in [0.25, 0.3) is 0 Å². The van der Waals surface area contributed by atoms with Crippen LogP contribution < -0.4 is 5.32 Å². The molecule has 2 N–H and O–H groups in total. The molecule has 0 bridgehead atoms. The van der Waals surface area contributed by atoms with Crippen LogP contribution in [0.1, 0.15) is 33.1 Å². The molecule has 0 spiro atoms. The highest BCUT2D eigenvalue weighted by Crippen LogP contribution is 2.35. The second kappa shape index (κ2) is 5.76. The SMILES string of the molecule is C#CCCNC(=O)N1CCCC(C)(C)C1C(=O)O. The lowest BCUT2D eigenvalue weighted by molar-refractivity contribution is -0.148. The Kier molecular flexibility index (Phi) is 4.60. The van der Waals surface area contributed by atoms with Crippen LogP contribution >= 0.6 is 0 Å². The number of aliphatic carboxylic acids is 1. The van der Waals surface area contributed by atoms with Crippen molar-refractivity contribution in [2.75, 3.05) is 13.1 Å². The fraction of sp³-hybridized carbons (Fsp3) is 0.692. The molecule has 1 heterocycles. The van der Waals surface area contributed by atoms with Crippen molar-refractivity contribution in [1.29, 1.82) is 0 Å². The Labute approximate surface area is 108 Å². The van der Waals surface area contributed by atoms with E-state index in [2.05, 4.69) is 11.2 Å². The first-order valence-corrected chi connectivity index (χ1v) is 6.11. The smallest absolute Gasteiger partial charge is 0.327 e. The Hall–Kier alpha value is -1.70. The molecule has 5 heteroatoms. The van der Waals surface area contributed by atoms with E-state index < -0.39 is 17.4 Å². The molecule has 1 rings (SSSR count). The fourth-order valence-corrected chi connectivity index (χ4v) is 2.42. The summed E-state index contributed by atoms with van der Waals surface area (Å²) in [5.74, 6) is 1.47. The lowest BCUT2D eigenvalue weighted by Gasteiger charge is -2.43. The maximum Gasteiger partial charge on any atom is 0.327 e. The Morgan fingerprint density at radius 1 is 1.56 bits per heavy atom. The third-order valence-electron chi connectivity index (χ3n) is 3.31. The molecule has 1 unspecified atom stereocenters. The highest BCUT2D eigenvalue weighted by molar-refractivity contribution is 5.83. The topological polar surface area (TPSA) is 69.6 Å². The molecule has 2 amide bonds. The molecule has 1 aliphatic heterocycles. The maximum absolute atomic E-state index is 12.0. The van der Waals surface area contributed by atoms with E-state index in [0.717, 1.165) is 12.8 Å². The lowest BCUT2D eigenvalue weighted by atomic mass is 9.76. The van der Waals surface area contributed by atoms with E-state index in [0.29, 0.717) is 19.5 Å². The molecular formula is C13H20N2O3. The number of nitrogens with zero attached hydrogens (tertiary/aromatic N) is 1. The van der Waals surface area contributed by atoms with Gasteiger partial charge >= 0.3 is 12.0 Å². The number of rotatable bonds is 3. The monoisotopic (exact) mass is 252 g/mol. The van der Waals surface area contributed by atoms with Crippen LogP contribution in [-0.4, -0.2) is 41.1 Å². The summed E-state index contributed by atoms with van der Waals surface area (Å²) in [7, 11) is 0. The molecule has 1 aliphatic rings. The average molecular weight is 252 g/mol. The quantitative estimate of drug-likeness (QED) is 0.587. The van der Waals surface area contributed by atoms with E-state index in [-0.39, 0.29) is 6.03 Å². The normalized spacial score (nSPS) is 22.1. The molecule has 100 valence electrons. The second-order valence-electron chi connectivity index (χ2n) is 5.21. The van der Waals surface area contributed by atoms with Crippen molar-refractivity contribution in [1.82, 2.24) is 10.2 Å². The number of carbonyl (C=O) groups excluding carboxylic acids is 1. The first-order chi connectivity index (χ1) is 8.40. The van der Waals surface area contributed by atoms with Crippen molar-refractivity contribution in [2.45, 2.75) is 39.2 Å². The van der Waals surface area contributed by atoms with Crippen LogP contribution in [0.4, 0.5) is 4.79 Å². The largest absolute Gasteiger partial charge is 0.480 e. The van der Waals surface area contributed by atoms with Gasteiger partial charge in [-0.1, -0.05) is 13.8 Å². The maximum atomic E-state index is 12.0. The minimum Gasteiger partial charge on any atom is -0.480 e. The number of hydrogen-bond donors (Lipinski definition) is 2. The van der Waals surface area contributed by atoms with Gasteiger partial charge < -0.3 is 15.3 Å². The van der Waals surface area contributed by atoms with Gasteiger partial charge in [0, 0.05) is 19.5 Å². The molecule has 1 atom stereocenters. The predicted molar refractivity (Wildman–Crippen MR) is 68.0 cm³/mol. The van der Waals surface area contributed by atoms with E-state index in [4.69, 9.17) is 6.42 Å². The molecule has 1 saturated heterocycles. The summed E-state index contributed by atoms with van der Waals surface area (Å²) in [6.45, 7) is 4.61. The summed E-state index contributed by atoms with van der Waals surface area (Å²) < 4.78 is 0. The van der Waals surface area contributed by atoms with E-state index >= 15 is 0 Å². The molecule has 0 aliphatic carbocycles. The summed E-state index contributed by atoms with van der Waals surface area (Å²) in [5, 5.41) is 12.0. The van der Waals surface area contributed by atoms with Crippen LogP contribution in [0.3, 0.4) is 0 Å². The van der Waals surface area contributed by atoms with Crippen LogP contribution in [0.5, 0.6) is 0 Å². The summed E-state index contributed by atoms with van der Waals surface area (Å²) in [6, 6.07) is -1.12. The van der Waals surface area contributed by atoms with E-state index in [1.165, 1.54) is 4.90 Å². The molecule has 18 heavy (non-hydrogen) atoms. The van der Waals surface area contributed by atoms with E-state index in [1.54, 1.807) is 0 Å². The van der Waals surface area contributed by atoms with Crippen molar-refractivity contribution < 1.29 is 14.7 Å². The summed E-state index contributed by atoms with van der Waals surface area (Å²) in [6.07, 6.45) is 7.17. The minimum absolute atomic E-state index is 0.342. The Morgan fingerprint density at radius 3 is 2.78 bits per heavy atom. The van der Waals surface area contributed by atoms with Crippen LogP contribution in [0.15, 0.2) is 0 Å². The van der Waals surface area contributed by atoms with E-state index in [9.17, 15) is 14.7 Å². The number of carbonyl (C=O) groups is 2. The minimum atomic E-state index is -0.952. The van der Waals surface area contributed by atoms with Gasteiger partial charge in [0.2, 0.25) is 0 Å². The van der Waals surface area contributed by atoms with Crippen LogP contribution in [-0.2, 0) is 4.79 Å². The number of likely N-dealkylation sites (tertiary alicyclic amines) is 1. The number of hydrogen-bond acceptors (Lipinski definition) is 2. The lowest BCUT2D eigenvalue weighted by Crippen LogP contribution is -2.58. The number of nitrogens with one attached hydrogen (secondary N) is 1. The first kappa shape index (κ1) is 14.4. The summed E-state index contributed by atoms with van der Waals surface area (Å²) in [4.78, 5) is 24.7. The van der Waals surface area contributed by atoms with Gasteiger partial charge in [-0.3, -0.25) is 0 Å². The fourth-order valence-electron chi connectivity index (χ4n) is 2.42. The van der Waals surface area contributed by atoms with Crippen molar-refractivity contribution in [3.05, 3.63) is 0 Å². The van der Waals surface area contributed by atoms with Gasteiger partial charge in [-0.2, -0.15) is 0 Å². The Morgan fingerprint density at radius 2 is 2.22 bits per heavy atom.